The van der Waals surface area contributed by atoms with Crippen molar-refractivity contribution in [3.05, 3.63) is 63.4 Å². The number of halogens is 3. The number of likely N-dealkylation sites (N-methyl/N-ethyl adjacent to an activating group) is 1. The molecule has 5 rings (SSSR count). The van der Waals surface area contributed by atoms with Crippen molar-refractivity contribution in [3.8, 4) is 0 Å². The van der Waals surface area contributed by atoms with Crippen molar-refractivity contribution < 1.29 is 14.0 Å². The second-order valence-corrected chi connectivity index (χ2v) is 9.48. The molecule has 0 radical (unpaired) electrons. The predicted molar refractivity (Wildman–Crippen MR) is 122 cm³/mol. The number of rotatable bonds is 2. The average Bonchev–Trinajstić information content (AvgIpc) is 3.23. The summed E-state index contributed by atoms with van der Waals surface area (Å²) in [5, 5.41) is 13.0. The molecule has 168 valence electrons. The summed E-state index contributed by atoms with van der Waals surface area (Å²) in [6, 6.07) is 9.16. The summed E-state index contributed by atoms with van der Waals surface area (Å²) in [5.41, 5.74) is -0.438. The SMILES string of the molecule is CNC(=O)[C@@H]1NC2(CCNCC2)[C@@]2(C(=O)Nc3cc(Cl)ccc32)[C@H]1c1cccc(Cl)c1F. The first-order valence-corrected chi connectivity index (χ1v) is 11.4. The number of carbonyl (C=O) groups excluding carboxylic acids is 2. The average molecular weight is 477 g/mol. The van der Waals surface area contributed by atoms with E-state index in [4.69, 9.17) is 23.2 Å². The first kappa shape index (κ1) is 21.6. The topological polar surface area (TPSA) is 82.3 Å². The summed E-state index contributed by atoms with van der Waals surface area (Å²) in [7, 11) is 1.54. The molecule has 9 heteroatoms. The van der Waals surface area contributed by atoms with Crippen LogP contribution in [-0.4, -0.2) is 43.5 Å². The predicted octanol–water partition coefficient (Wildman–Crippen LogP) is 2.95. The minimum Gasteiger partial charge on any atom is -0.358 e. The van der Waals surface area contributed by atoms with Crippen molar-refractivity contribution >= 4 is 40.7 Å². The summed E-state index contributed by atoms with van der Waals surface area (Å²) < 4.78 is 15.5. The molecule has 3 heterocycles. The van der Waals surface area contributed by atoms with Gasteiger partial charge in [-0.25, -0.2) is 4.39 Å². The number of nitrogens with one attached hydrogen (secondary N) is 4. The number of fused-ring (bicyclic) bond motifs is 3. The van der Waals surface area contributed by atoms with E-state index in [2.05, 4.69) is 21.3 Å². The smallest absolute Gasteiger partial charge is 0.237 e. The van der Waals surface area contributed by atoms with Gasteiger partial charge in [0.05, 0.1) is 11.1 Å². The fraction of sp³-hybridized carbons (Fsp3) is 0.391. The van der Waals surface area contributed by atoms with E-state index < -0.39 is 28.7 Å². The van der Waals surface area contributed by atoms with Crippen molar-refractivity contribution in [3.63, 3.8) is 0 Å². The third kappa shape index (κ3) is 2.78. The Morgan fingerprint density at radius 3 is 2.66 bits per heavy atom. The van der Waals surface area contributed by atoms with Gasteiger partial charge >= 0.3 is 0 Å². The van der Waals surface area contributed by atoms with E-state index in [0.717, 1.165) is 5.56 Å². The molecule has 3 aliphatic heterocycles. The van der Waals surface area contributed by atoms with E-state index in [9.17, 15) is 9.59 Å². The summed E-state index contributed by atoms with van der Waals surface area (Å²) in [5.74, 6) is -2.00. The normalized spacial score (nSPS) is 28.1. The van der Waals surface area contributed by atoms with Crippen LogP contribution in [0.15, 0.2) is 36.4 Å². The van der Waals surface area contributed by atoms with Gasteiger partial charge in [0, 0.05) is 29.2 Å². The Kier molecular flexibility index (Phi) is 5.21. The Bertz CT molecular complexity index is 1120. The number of piperidine rings is 1. The third-order valence-electron chi connectivity index (χ3n) is 7.30. The Labute approximate surface area is 195 Å². The fourth-order valence-corrected chi connectivity index (χ4v) is 6.43. The zero-order valence-electron chi connectivity index (χ0n) is 17.4. The molecule has 2 aromatic rings. The second-order valence-electron chi connectivity index (χ2n) is 8.64. The van der Waals surface area contributed by atoms with Crippen molar-refractivity contribution in [2.45, 2.75) is 35.8 Å². The highest BCUT2D eigenvalue weighted by Crippen LogP contribution is 2.61. The monoisotopic (exact) mass is 476 g/mol. The number of benzene rings is 2. The van der Waals surface area contributed by atoms with Gasteiger partial charge in [0.1, 0.15) is 11.2 Å². The molecule has 0 aromatic heterocycles. The second kappa shape index (κ2) is 7.70. The minimum atomic E-state index is -1.22. The van der Waals surface area contributed by atoms with E-state index in [1.165, 1.54) is 13.1 Å². The molecule has 32 heavy (non-hydrogen) atoms. The van der Waals surface area contributed by atoms with Crippen LogP contribution in [-0.2, 0) is 15.0 Å². The first-order chi connectivity index (χ1) is 15.4. The van der Waals surface area contributed by atoms with Gasteiger partial charge in [-0.05, 0) is 55.3 Å². The standard InChI is InChI=1S/C23H23Cl2FN4O2/c1-27-20(31)19-17(13-3-2-4-15(25)18(13)26)23(22(30-19)7-9-28-10-8-22)14-6-5-12(24)11-16(14)29-21(23)32/h2-6,11,17,19,28,30H,7-10H2,1H3,(H,27,31)(H,29,32)/t17-,19+,23+/m0/s1. The molecule has 4 N–H and O–H groups in total. The molecule has 0 unspecified atom stereocenters. The lowest BCUT2D eigenvalue weighted by Crippen LogP contribution is -2.63. The Morgan fingerprint density at radius 2 is 1.94 bits per heavy atom. The molecule has 2 fully saturated rings. The van der Waals surface area contributed by atoms with Gasteiger partial charge in [0.2, 0.25) is 11.8 Å². The molecule has 2 saturated heterocycles. The molecular formula is C23H23Cl2FN4O2. The number of amides is 2. The molecule has 3 aliphatic rings. The Hall–Kier alpha value is -2.19. The van der Waals surface area contributed by atoms with Crippen molar-refractivity contribution in [1.82, 2.24) is 16.0 Å². The molecule has 2 spiro atoms. The van der Waals surface area contributed by atoms with E-state index >= 15 is 4.39 Å². The number of anilines is 1. The maximum absolute atomic E-state index is 15.5. The van der Waals surface area contributed by atoms with E-state index in [1.54, 1.807) is 24.3 Å². The number of hydrogen-bond donors (Lipinski definition) is 4. The lowest BCUT2D eigenvalue weighted by atomic mass is 9.56. The zero-order valence-corrected chi connectivity index (χ0v) is 18.9. The van der Waals surface area contributed by atoms with Crippen LogP contribution < -0.4 is 21.3 Å². The molecule has 3 atom stereocenters. The molecule has 2 amide bonds. The fourth-order valence-electron chi connectivity index (χ4n) is 6.07. The highest BCUT2D eigenvalue weighted by molar-refractivity contribution is 6.31. The van der Waals surface area contributed by atoms with E-state index in [-0.39, 0.29) is 22.4 Å². The summed E-state index contributed by atoms with van der Waals surface area (Å²) in [6.45, 7) is 1.33. The Morgan fingerprint density at radius 1 is 1.19 bits per heavy atom. The van der Waals surface area contributed by atoms with E-state index in [1.807, 2.05) is 6.07 Å². The quantitative estimate of drug-likeness (QED) is 0.536. The van der Waals surface area contributed by atoms with Crippen molar-refractivity contribution in [2.75, 3.05) is 25.5 Å². The van der Waals surface area contributed by atoms with Gasteiger partial charge in [-0.3, -0.25) is 14.9 Å². The van der Waals surface area contributed by atoms with Crippen LogP contribution in [0, 0.1) is 5.82 Å². The molecule has 6 nitrogen and oxygen atoms in total. The van der Waals surface area contributed by atoms with Gasteiger partial charge in [-0.1, -0.05) is 41.4 Å². The maximum Gasteiger partial charge on any atom is 0.237 e. The summed E-state index contributed by atoms with van der Waals surface area (Å²) >= 11 is 12.4. The highest BCUT2D eigenvalue weighted by atomic mass is 35.5. The first-order valence-electron chi connectivity index (χ1n) is 10.6. The van der Waals surface area contributed by atoms with Gasteiger partial charge in [-0.15, -0.1) is 0 Å². The number of carbonyl (C=O) groups is 2. The third-order valence-corrected chi connectivity index (χ3v) is 7.83. The summed E-state index contributed by atoms with van der Waals surface area (Å²) in [6.07, 6.45) is 1.18. The van der Waals surface area contributed by atoms with Gasteiger partial charge < -0.3 is 16.0 Å². The minimum absolute atomic E-state index is 0.0469. The molecular weight excluding hydrogens is 454 g/mol. The van der Waals surface area contributed by atoms with Crippen LogP contribution in [0.2, 0.25) is 10.0 Å². The van der Waals surface area contributed by atoms with Crippen molar-refractivity contribution in [2.24, 2.45) is 0 Å². The Balaban J connectivity index is 1.85. The molecule has 0 aliphatic carbocycles. The van der Waals surface area contributed by atoms with Crippen LogP contribution in [0.3, 0.4) is 0 Å². The van der Waals surface area contributed by atoms with Crippen molar-refractivity contribution in [1.29, 1.82) is 0 Å². The summed E-state index contributed by atoms with van der Waals surface area (Å²) in [4.78, 5) is 27.1. The van der Waals surface area contributed by atoms with Crippen LogP contribution in [0.1, 0.15) is 29.9 Å². The van der Waals surface area contributed by atoms with Crippen LogP contribution in [0.4, 0.5) is 10.1 Å². The largest absolute Gasteiger partial charge is 0.358 e. The molecule has 0 bridgehead atoms. The maximum atomic E-state index is 15.5. The van der Waals surface area contributed by atoms with Crippen LogP contribution in [0.25, 0.3) is 0 Å². The zero-order chi connectivity index (χ0) is 22.7. The molecule has 2 aromatic carbocycles. The van der Waals surface area contributed by atoms with Crippen LogP contribution >= 0.6 is 23.2 Å². The van der Waals surface area contributed by atoms with Crippen LogP contribution in [0.5, 0.6) is 0 Å². The lowest BCUT2D eigenvalue weighted by molar-refractivity contribution is -0.124. The van der Waals surface area contributed by atoms with Gasteiger partial charge in [-0.2, -0.15) is 0 Å². The van der Waals surface area contributed by atoms with E-state index in [0.29, 0.717) is 36.6 Å². The molecule has 0 saturated carbocycles. The van der Waals surface area contributed by atoms with Gasteiger partial charge in [0.25, 0.3) is 0 Å². The number of hydrogen-bond acceptors (Lipinski definition) is 4. The van der Waals surface area contributed by atoms with Gasteiger partial charge in [0.15, 0.2) is 0 Å². The highest BCUT2D eigenvalue weighted by Gasteiger charge is 2.72. The lowest BCUT2D eigenvalue weighted by Gasteiger charge is -2.47.